The molecular weight excluding hydrogens is 630 g/mol. The molecule has 3 N–H and O–H groups in total. The highest BCUT2D eigenvalue weighted by Gasteiger charge is 2.28. The molecule has 1 fully saturated rings. The van der Waals surface area contributed by atoms with E-state index in [2.05, 4.69) is 37.4 Å². The van der Waals surface area contributed by atoms with Crippen molar-refractivity contribution < 1.29 is 22.7 Å². The van der Waals surface area contributed by atoms with Gasteiger partial charge in [0.1, 0.15) is 10.6 Å². The zero-order valence-corrected chi connectivity index (χ0v) is 28.4. The third-order valence-electron chi connectivity index (χ3n) is 7.12. The number of anilines is 6. The average Bonchev–Trinajstić information content (AvgIpc) is 2.99. The van der Waals surface area contributed by atoms with Gasteiger partial charge in [-0.25, -0.2) is 18.2 Å². The highest BCUT2D eigenvalue weighted by atomic mass is 35.5. The molecule has 0 bridgehead atoms. The minimum Gasteiger partial charge on any atom is -0.444 e. The van der Waals surface area contributed by atoms with Crippen molar-refractivity contribution >= 4 is 68.0 Å². The number of hydrogen-bond donors (Lipinski definition) is 3. The number of aryl methyl sites for hydroxylation is 1. The van der Waals surface area contributed by atoms with Crippen LogP contribution in [0.2, 0.25) is 5.02 Å². The number of halogens is 1. The smallest absolute Gasteiger partial charge is 0.410 e. The molecule has 1 aromatic heterocycles. The summed E-state index contributed by atoms with van der Waals surface area (Å²) in [6.07, 6.45) is 2.24. The molecule has 0 saturated carbocycles. The van der Waals surface area contributed by atoms with E-state index >= 15 is 0 Å². The van der Waals surface area contributed by atoms with Crippen LogP contribution in [0.15, 0.2) is 60.1 Å². The van der Waals surface area contributed by atoms with Crippen LogP contribution in [0.5, 0.6) is 0 Å². The molecule has 0 radical (unpaired) electrons. The fourth-order valence-corrected chi connectivity index (χ4v) is 6.00. The van der Waals surface area contributed by atoms with Gasteiger partial charge in [0.05, 0.1) is 33.4 Å². The van der Waals surface area contributed by atoms with E-state index in [1.54, 1.807) is 43.0 Å². The van der Waals surface area contributed by atoms with Gasteiger partial charge in [0, 0.05) is 31.9 Å². The topological polar surface area (TPSA) is 146 Å². The summed E-state index contributed by atoms with van der Waals surface area (Å²) in [5, 5.41) is 8.70. The van der Waals surface area contributed by atoms with Crippen LogP contribution in [0.4, 0.5) is 39.3 Å². The van der Waals surface area contributed by atoms with Crippen molar-refractivity contribution in [1.29, 1.82) is 0 Å². The number of ether oxygens (including phenoxy) is 1. The fraction of sp³-hybridized carbons (Fsp3) is 0.375. The molecule has 0 atom stereocenters. The number of carbonyl (C=O) groups is 2. The molecule has 46 heavy (non-hydrogen) atoms. The summed E-state index contributed by atoms with van der Waals surface area (Å²) in [5.74, 6) is 0.0227. The Morgan fingerprint density at radius 1 is 1.04 bits per heavy atom. The van der Waals surface area contributed by atoms with Gasteiger partial charge in [-0.15, -0.1) is 0 Å². The summed E-state index contributed by atoms with van der Waals surface area (Å²) in [6.45, 7) is 16.2. The van der Waals surface area contributed by atoms with Crippen molar-refractivity contribution in [2.75, 3.05) is 47.0 Å². The molecule has 14 heteroatoms. The lowest BCUT2D eigenvalue weighted by Crippen LogP contribution is -2.50. The van der Waals surface area contributed by atoms with Gasteiger partial charge in [0.2, 0.25) is 11.9 Å². The van der Waals surface area contributed by atoms with Crippen LogP contribution in [-0.2, 0) is 19.4 Å². The monoisotopic (exact) mass is 669 g/mol. The molecule has 0 unspecified atom stereocenters. The predicted molar refractivity (Wildman–Crippen MR) is 182 cm³/mol. The number of nitrogens with one attached hydrogen (secondary N) is 3. The Hall–Kier alpha value is -4.36. The van der Waals surface area contributed by atoms with Crippen molar-refractivity contribution in [3.05, 3.63) is 65.8 Å². The number of hydrogen-bond acceptors (Lipinski definition) is 10. The van der Waals surface area contributed by atoms with E-state index in [9.17, 15) is 18.0 Å². The first-order valence-corrected chi connectivity index (χ1v) is 16.7. The first-order chi connectivity index (χ1) is 21.6. The standard InChI is InChI=1S/C32H40ClN7O5S/c1-8-28(41)35-25-18-24(21(4)17-26(25)39-13-15-40(16-14-39)31(42)45-32(5,6)7)37-30-34-19-22(33)29(38-30)36-23-11-9-10-12-27(23)46(43,44)20(2)3/h8-12,17-20H,1,13-16H2,2-7H3,(H,35,41)(H2,34,36,37,38). The van der Waals surface area contributed by atoms with E-state index < -0.39 is 20.7 Å². The number of amides is 2. The van der Waals surface area contributed by atoms with E-state index in [-0.39, 0.29) is 33.7 Å². The van der Waals surface area contributed by atoms with Gasteiger partial charge < -0.3 is 30.5 Å². The number of piperazine rings is 1. The van der Waals surface area contributed by atoms with Crippen molar-refractivity contribution in [2.45, 2.75) is 57.3 Å². The van der Waals surface area contributed by atoms with Gasteiger partial charge in [-0.05, 0) is 77.4 Å². The number of rotatable bonds is 9. The van der Waals surface area contributed by atoms with E-state index in [0.29, 0.717) is 43.2 Å². The maximum atomic E-state index is 13.0. The summed E-state index contributed by atoms with van der Waals surface area (Å²) in [6, 6.07) is 10.3. The molecule has 12 nitrogen and oxygen atoms in total. The molecule has 2 heterocycles. The van der Waals surface area contributed by atoms with Crippen LogP contribution in [0.1, 0.15) is 40.2 Å². The SMILES string of the molecule is C=CC(=O)Nc1cc(Nc2ncc(Cl)c(Nc3ccccc3S(=O)(=O)C(C)C)n2)c(C)cc1N1CCN(C(=O)OC(C)(C)C)CC1. The van der Waals surface area contributed by atoms with Gasteiger partial charge >= 0.3 is 6.09 Å². The fourth-order valence-electron chi connectivity index (χ4n) is 4.66. The van der Waals surface area contributed by atoms with Crippen molar-refractivity contribution in [1.82, 2.24) is 14.9 Å². The summed E-state index contributed by atoms with van der Waals surface area (Å²) in [4.78, 5) is 37.7. The highest BCUT2D eigenvalue weighted by molar-refractivity contribution is 7.92. The molecular formula is C32H40ClN7O5S. The largest absolute Gasteiger partial charge is 0.444 e. The summed E-state index contributed by atoms with van der Waals surface area (Å²) in [7, 11) is -3.59. The second kappa shape index (κ2) is 14.0. The Morgan fingerprint density at radius 3 is 2.35 bits per heavy atom. The zero-order valence-electron chi connectivity index (χ0n) is 26.8. The molecule has 1 aliphatic rings. The number of nitrogens with zero attached hydrogens (tertiary/aromatic N) is 4. The predicted octanol–water partition coefficient (Wildman–Crippen LogP) is 6.29. The van der Waals surface area contributed by atoms with Gasteiger partial charge in [-0.2, -0.15) is 4.98 Å². The molecule has 2 aromatic carbocycles. The number of sulfone groups is 1. The Morgan fingerprint density at radius 2 is 1.72 bits per heavy atom. The molecule has 246 valence electrons. The lowest BCUT2D eigenvalue weighted by atomic mass is 10.1. The van der Waals surface area contributed by atoms with Gasteiger partial charge in [0.25, 0.3) is 0 Å². The second-order valence-electron chi connectivity index (χ2n) is 12.1. The Kier molecular flexibility index (Phi) is 10.5. The lowest BCUT2D eigenvalue weighted by Gasteiger charge is -2.37. The van der Waals surface area contributed by atoms with Crippen molar-refractivity contribution in [3.8, 4) is 0 Å². The first kappa shape index (κ1) is 34.5. The number of para-hydroxylation sites is 1. The van der Waals surface area contributed by atoms with E-state index in [1.165, 1.54) is 18.3 Å². The zero-order chi connectivity index (χ0) is 33.8. The molecule has 3 aromatic rings. The van der Waals surface area contributed by atoms with Crippen molar-refractivity contribution in [2.24, 2.45) is 0 Å². The van der Waals surface area contributed by atoms with Gasteiger partial charge in [-0.1, -0.05) is 30.3 Å². The normalized spacial score (nSPS) is 13.7. The maximum Gasteiger partial charge on any atom is 0.410 e. The minimum atomic E-state index is -3.59. The number of carbonyl (C=O) groups excluding carboxylic acids is 2. The summed E-state index contributed by atoms with van der Waals surface area (Å²) >= 11 is 6.42. The quantitative estimate of drug-likeness (QED) is 0.222. The second-order valence-corrected chi connectivity index (χ2v) is 14.9. The van der Waals surface area contributed by atoms with Gasteiger partial charge in [-0.3, -0.25) is 4.79 Å². The Bertz CT molecular complexity index is 1730. The lowest BCUT2D eigenvalue weighted by molar-refractivity contribution is -0.111. The first-order valence-electron chi connectivity index (χ1n) is 14.8. The third-order valence-corrected chi connectivity index (χ3v) is 9.60. The Labute approximate surface area is 275 Å². The van der Waals surface area contributed by atoms with E-state index in [0.717, 1.165) is 11.3 Å². The van der Waals surface area contributed by atoms with Gasteiger partial charge in [0.15, 0.2) is 15.7 Å². The molecule has 1 saturated heterocycles. The van der Waals surface area contributed by atoms with Crippen molar-refractivity contribution in [3.63, 3.8) is 0 Å². The summed E-state index contributed by atoms with van der Waals surface area (Å²) in [5.41, 5.74) is 2.52. The number of aromatic nitrogens is 2. The molecule has 0 spiro atoms. The van der Waals surface area contributed by atoms with E-state index in [4.69, 9.17) is 16.3 Å². The van der Waals surface area contributed by atoms with Crippen LogP contribution in [-0.4, -0.2) is 72.3 Å². The van der Waals surface area contributed by atoms with Crippen LogP contribution < -0.4 is 20.9 Å². The molecule has 1 aliphatic heterocycles. The molecule has 0 aliphatic carbocycles. The van der Waals surface area contributed by atoms with Crippen LogP contribution in [0, 0.1) is 6.92 Å². The Balaban J connectivity index is 1.60. The highest BCUT2D eigenvalue weighted by Crippen LogP contribution is 2.35. The van der Waals surface area contributed by atoms with Crippen LogP contribution in [0.25, 0.3) is 0 Å². The number of benzene rings is 2. The third kappa shape index (κ3) is 8.26. The van der Waals surface area contributed by atoms with Crippen LogP contribution >= 0.6 is 11.6 Å². The van der Waals surface area contributed by atoms with E-state index in [1.807, 2.05) is 33.8 Å². The average molecular weight is 670 g/mol. The maximum absolute atomic E-state index is 13.0. The minimum absolute atomic E-state index is 0.134. The van der Waals surface area contributed by atoms with Crippen LogP contribution in [0.3, 0.4) is 0 Å². The molecule has 4 rings (SSSR count). The summed E-state index contributed by atoms with van der Waals surface area (Å²) < 4.78 is 31.4. The molecule has 2 amide bonds.